The molecule has 2 aromatic carbocycles. The van der Waals surface area contributed by atoms with Gasteiger partial charge < -0.3 is 14.6 Å². The van der Waals surface area contributed by atoms with Crippen molar-refractivity contribution >= 4 is 15.9 Å². The van der Waals surface area contributed by atoms with Crippen molar-refractivity contribution < 1.29 is 14.6 Å². The van der Waals surface area contributed by atoms with E-state index in [2.05, 4.69) is 15.9 Å². The van der Waals surface area contributed by atoms with Crippen LogP contribution in [0.2, 0.25) is 0 Å². The Kier molecular flexibility index (Phi) is 5.65. The first kappa shape index (κ1) is 15.9. The molecule has 0 bridgehead atoms. The molecule has 4 heteroatoms. The molecule has 2 aromatic rings. The zero-order valence-electron chi connectivity index (χ0n) is 12.2. The monoisotopic (exact) mass is 350 g/mol. The van der Waals surface area contributed by atoms with E-state index in [9.17, 15) is 5.11 Å². The molecule has 0 aliphatic heterocycles. The fourth-order valence-corrected chi connectivity index (χ4v) is 2.22. The topological polar surface area (TPSA) is 38.7 Å². The number of benzene rings is 2. The number of rotatable bonds is 6. The van der Waals surface area contributed by atoms with E-state index in [1.54, 1.807) is 6.92 Å². The Morgan fingerprint density at radius 3 is 2.38 bits per heavy atom. The van der Waals surface area contributed by atoms with Crippen LogP contribution >= 0.6 is 15.9 Å². The van der Waals surface area contributed by atoms with Gasteiger partial charge in [0.2, 0.25) is 0 Å². The molecular weight excluding hydrogens is 332 g/mol. The molecule has 112 valence electrons. The third-order valence-corrected chi connectivity index (χ3v) is 3.57. The number of hydrogen-bond acceptors (Lipinski definition) is 3. The maximum Gasteiger partial charge on any atom is 0.125 e. The van der Waals surface area contributed by atoms with Crippen LogP contribution < -0.4 is 9.47 Å². The molecule has 0 saturated heterocycles. The highest BCUT2D eigenvalue weighted by Gasteiger charge is 2.09. The van der Waals surface area contributed by atoms with E-state index >= 15 is 0 Å². The van der Waals surface area contributed by atoms with Crippen molar-refractivity contribution in [1.29, 1.82) is 0 Å². The summed E-state index contributed by atoms with van der Waals surface area (Å²) in [6.45, 7) is 4.61. The van der Waals surface area contributed by atoms with Gasteiger partial charge in [-0.05, 0) is 49.7 Å². The van der Waals surface area contributed by atoms with E-state index in [1.807, 2.05) is 49.4 Å². The van der Waals surface area contributed by atoms with Crippen LogP contribution in [0, 0.1) is 6.92 Å². The summed E-state index contributed by atoms with van der Waals surface area (Å²) in [6, 6.07) is 13.5. The van der Waals surface area contributed by atoms with E-state index in [0.717, 1.165) is 21.3 Å². The van der Waals surface area contributed by atoms with Gasteiger partial charge in [0.1, 0.15) is 24.7 Å². The van der Waals surface area contributed by atoms with Gasteiger partial charge in [-0.3, -0.25) is 0 Å². The minimum Gasteiger partial charge on any atom is -0.490 e. The maximum absolute atomic E-state index is 9.74. The summed E-state index contributed by atoms with van der Waals surface area (Å²) in [4.78, 5) is 0. The fourth-order valence-electron chi connectivity index (χ4n) is 1.95. The first-order valence-electron chi connectivity index (χ1n) is 6.86. The molecule has 1 N–H and O–H groups in total. The molecule has 21 heavy (non-hydrogen) atoms. The van der Waals surface area contributed by atoms with Gasteiger partial charge in [0.05, 0.1) is 6.10 Å². The minimum atomic E-state index is -0.548. The molecule has 0 fully saturated rings. The lowest BCUT2D eigenvalue weighted by Crippen LogP contribution is -2.10. The number of hydrogen-bond donors (Lipinski definition) is 1. The zero-order valence-corrected chi connectivity index (χ0v) is 13.8. The molecule has 0 aromatic heterocycles. The van der Waals surface area contributed by atoms with Gasteiger partial charge in [0.15, 0.2) is 0 Å². The van der Waals surface area contributed by atoms with Crippen LogP contribution in [0.3, 0.4) is 0 Å². The van der Waals surface area contributed by atoms with E-state index in [1.165, 1.54) is 0 Å². The van der Waals surface area contributed by atoms with E-state index < -0.39 is 6.10 Å². The quantitative estimate of drug-likeness (QED) is 0.790. The molecule has 0 spiro atoms. The molecule has 0 aliphatic carbocycles. The highest BCUT2D eigenvalue weighted by atomic mass is 79.9. The molecule has 1 atom stereocenters. The summed E-state index contributed by atoms with van der Waals surface area (Å²) in [7, 11) is 0. The summed E-state index contributed by atoms with van der Waals surface area (Å²) in [5.74, 6) is 1.52. The molecule has 0 aliphatic rings. The third-order valence-electron chi connectivity index (χ3n) is 3.04. The first-order valence-corrected chi connectivity index (χ1v) is 7.65. The number of aliphatic hydroxyl groups is 1. The van der Waals surface area contributed by atoms with Crippen LogP contribution in [-0.2, 0) is 0 Å². The van der Waals surface area contributed by atoms with Crippen molar-refractivity contribution in [1.82, 2.24) is 0 Å². The van der Waals surface area contributed by atoms with Gasteiger partial charge in [0, 0.05) is 10.0 Å². The molecule has 0 saturated carbocycles. The second-order valence-electron chi connectivity index (χ2n) is 4.87. The molecule has 3 nitrogen and oxygen atoms in total. The molecule has 0 unspecified atom stereocenters. The smallest absolute Gasteiger partial charge is 0.125 e. The van der Waals surface area contributed by atoms with Crippen LogP contribution in [0.4, 0.5) is 0 Å². The lowest BCUT2D eigenvalue weighted by molar-refractivity contribution is 0.182. The number of aryl methyl sites for hydroxylation is 1. The maximum atomic E-state index is 9.74. The Bertz CT molecular complexity index is 579. The summed E-state index contributed by atoms with van der Waals surface area (Å²) in [6.07, 6.45) is -0.548. The van der Waals surface area contributed by atoms with Crippen LogP contribution in [-0.4, -0.2) is 18.3 Å². The molecule has 0 amide bonds. The van der Waals surface area contributed by atoms with Crippen molar-refractivity contribution in [2.75, 3.05) is 13.2 Å². The first-order chi connectivity index (χ1) is 10.1. The van der Waals surface area contributed by atoms with Crippen LogP contribution in [0.5, 0.6) is 11.5 Å². The largest absolute Gasteiger partial charge is 0.490 e. The van der Waals surface area contributed by atoms with Gasteiger partial charge >= 0.3 is 0 Å². The summed E-state index contributed by atoms with van der Waals surface area (Å²) in [5.41, 5.74) is 1.90. The van der Waals surface area contributed by atoms with Crippen LogP contribution in [0.25, 0.3) is 0 Å². The van der Waals surface area contributed by atoms with Crippen molar-refractivity contribution in [3.05, 3.63) is 58.1 Å². The lowest BCUT2D eigenvalue weighted by atomic mass is 10.1. The normalized spacial score (nSPS) is 12.0. The van der Waals surface area contributed by atoms with Gasteiger partial charge in [-0.25, -0.2) is 0 Å². The SMILES string of the molecule is Cc1ccc([C@@H](C)O)c(OCCOc2ccc(Br)cc2)c1. The number of ether oxygens (including phenoxy) is 2. The van der Waals surface area contributed by atoms with E-state index in [0.29, 0.717) is 19.0 Å². The number of halogens is 1. The van der Waals surface area contributed by atoms with Crippen molar-refractivity contribution in [3.8, 4) is 11.5 Å². The second kappa shape index (κ2) is 7.48. The molecule has 0 heterocycles. The summed E-state index contributed by atoms with van der Waals surface area (Å²) < 4.78 is 12.4. The van der Waals surface area contributed by atoms with Crippen LogP contribution in [0.1, 0.15) is 24.2 Å². The van der Waals surface area contributed by atoms with Gasteiger partial charge in [-0.2, -0.15) is 0 Å². The molecule has 0 radical (unpaired) electrons. The molecule has 2 rings (SSSR count). The Balaban J connectivity index is 1.88. The average Bonchev–Trinajstić information content (AvgIpc) is 2.45. The predicted octanol–water partition coefficient (Wildman–Crippen LogP) is 4.27. The second-order valence-corrected chi connectivity index (χ2v) is 5.78. The van der Waals surface area contributed by atoms with Crippen molar-refractivity contribution in [2.24, 2.45) is 0 Å². The standard InChI is InChI=1S/C17H19BrO3/c1-12-3-8-16(13(2)19)17(11-12)21-10-9-20-15-6-4-14(18)5-7-15/h3-8,11,13,19H,9-10H2,1-2H3/t13-/m1/s1. The van der Waals surface area contributed by atoms with Gasteiger partial charge in [0.25, 0.3) is 0 Å². The van der Waals surface area contributed by atoms with Crippen molar-refractivity contribution in [2.45, 2.75) is 20.0 Å². The predicted molar refractivity (Wildman–Crippen MR) is 86.9 cm³/mol. The molecular formula is C17H19BrO3. The van der Waals surface area contributed by atoms with Gasteiger partial charge in [-0.15, -0.1) is 0 Å². The van der Waals surface area contributed by atoms with Crippen LogP contribution in [0.15, 0.2) is 46.9 Å². The Labute approximate surface area is 133 Å². The zero-order chi connectivity index (χ0) is 15.2. The average molecular weight is 351 g/mol. The van der Waals surface area contributed by atoms with E-state index in [-0.39, 0.29) is 0 Å². The third kappa shape index (κ3) is 4.76. The summed E-state index contributed by atoms with van der Waals surface area (Å²) >= 11 is 3.38. The van der Waals surface area contributed by atoms with Crippen molar-refractivity contribution in [3.63, 3.8) is 0 Å². The lowest BCUT2D eigenvalue weighted by Gasteiger charge is -2.14. The van der Waals surface area contributed by atoms with Gasteiger partial charge in [-0.1, -0.05) is 28.1 Å². The number of aliphatic hydroxyl groups excluding tert-OH is 1. The Morgan fingerprint density at radius 1 is 1.05 bits per heavy atom. The highest BCUT2D eigenvalue weighted by molar-refractivity contribution is 9.10. The Morgan fingerprint density at radius 2 is 1.71 bits per heavy atom. The fraction of sp³-hybridized carbons (Fsp3) is 0.294. The highest BCUT2D eigenvalue weighted by Crippen LogP contribution is 2.26. The minimum absolute atomic E-state index is 0.430. The Hall–Kier alpha value is -1.52. The van der Waals surface area contributed by atoms with E-state index in [4.69, 9.17) is 9.47 Å². The summed E-state index contributed by atoms with van der Waals surface area (Å²) in [5, 5.41) is 9.74.